The lowest BCUT2D eigenvalue weighted by Crippen LogP contribution is -2.51. The molecule has 3 rings (SSSR count). The van der Waals surface area contributed by atoms with Crippen molar-refractivity contribution in [3.05, 3.63) is 30.1 Å². The molecule has 0 aromatic heterocycles. The number of rotatable bonds is 5. The molecular formula is C17H23FN2O2. The minimum atomic E-state index is -0.330. The molecule has 1 aromatic rings. The van der Waals surface area contributed by atoms with E-state index in [1.54, 1.807) is 19.2 Å². The summed E-state index contributed by atoms with van der Waals surface area (Å²) in [6, 6.07) is 6.86. The number of nitrogens with one attached hydrogen (secondary N) is 1. The number of halogens is 1. The number of para-hydroxylation sites is 1. The zero-order valence-electron chi connectivity index (χ0n) is 12.9. The molecular weight excluding hydrogens is 283 g/mol. The van der Waals surface area contributed by atoms with Crippen LogP contribution in [0.15, 0.2) is 24.3 Å². The van der Waals surface area contributed by atoms with Crippen LogP contribution in [-0.2, 0) is 9.53 Å². The molecule has 1 heterocycles. The van der Waals surface area contributed by atoms with Crippen molar-refractivity contribution in [3.8, 4) is 0 Å². The van der Waals surface area contributed by atoms with E-state index >= 15 is 0 Å². The number of hydrogen-bond donors (Lipinski definition) is 1. The Morgan fingerprint density at radius 1 is 1.36 bits per heavy atom. The normalized spacial score (nSPS) is 23.2. The van der Waals surface area contributed by atoms with Crippen molar-refractivity contribution in [1.29, 1.82) is 0 Å². The summed E-state index contributed by atoms with van der Waals surface area (Å²) in [5, 5.41) is 3.08. The standard InChI is InChI=1S/C17H23FN2O2/c1-22-16(12-8-9-12)17(21)19-13-5-4-10-20(11-13)15-7-3-2-6-14(15)18/h2-3,6-7,12-13,16H,4-5,8-11H2,1H3,(H,19,21)/t13-,16+/m0/s1. The number of amides is 1. The fraction of sp³-hybridized carbons (Fsp3) is 0.588. The Morgan fingerprint density at radius 2 is 2.14 bits per heavy atom. The first-order chi connectivity index (χ1) is 10.7. The van der Waals surface area contributed by atoms with Gasteiger partial charge in [-0.2, -0.15) is 0 Å². The number of nitrogens with zero attached hydrogens (tertiary/aromatic N) is 1. The molecule has 1 aliphatic heterocycles. The number of hydrogen-bond acceptors (Lipinski definition) is 3. The van der Waals surface area contributed by atoms with Gasteiger partial charge in [-0.1, -0.05) is 12.1 Å². The highest BCUT2D eigenvalue weighted by Crippen LogP contribution is 2.34. The van der Waals surface area contributed by atoms with Gasteiger partial charge < -0.3 is 15.0 Å². The van der Waals surface area contributed by atoms with E-state index < -0.39 is 0 Å². The number of anilines is 1. The Morgan fingerprint density at radius 3 is 2.82 bits per heavy atom. The summed E-state index contributed by atoms with van der Waals surface area (Å²) in [5.41, 5.74) is 0.618. The molecule has 1 aliphatic carbocycles. The lowest BCUT2D eigenvalue weighted by atomic mass is 10.0. The van der Waals surface area contributed by atoms with Crippen molar-refractivity contribution in [3.63, 3.8) is 0 Å². The molecule has 1 saturated carbocycles. The van der Waals surface area contributed by atoms with Crippen LogP contribution in [0.3, 0.4) is 0 Å². The van der Waals surface area contributed by atoms with Gasteiger partial charge in [-0.15, -0.1) is 0 Å². The van der Waals surface area contributed by atoms with Gasteiger partial charge in [0.1, 0.15) is 11.9 Å². The van der Waals surface area contributed by atoms with E-state index in [9.17, 15) is 9.18 Å². The van der Waals surface area contributed by atoms with Crippen LogP contribution in [0.25, 0.3) is 0 Å². The topological polar surface area (TPSA) is 41.6 Å². The number of benzene rings is 1. The Bertz CT molecular complexity index is 533. The van der Waals surface area contributed by atoms with Crippen LogP contribution in [0.1, 0.15) is 25.7 Å². The summed E-state index contributed by atoms with van der Waals surface area (Å²) >= 11 is 0. The summed E-state index contributed by atoms with van der Waals surface area (Å²) < 4.78 is 19.2. The lowest BCUT2D eigenvalue weighted by Gasteiger charge is -2.35. The van der Waals surface area contributed by atoms with Gasteiger partial charge in [0, 0.05) is 26.2 Å². The summed E-state index contributed by atoms with van der Waals surface area (Å²) in [6.07, 6.45) is 3.68. The molecule has 2 atom stereocenters. The second-order valence-electron chi connectivity index (χ2n) is 6.24. The number of carbonyl (C=O) groups excluding carboxylic acids is 1. The van der Waals surface area contributed by atoms with Crippen LogP contribution in [0.2, 0.25) is 0 Å². The van der Waals surface area contributed by atoms with E-state index in [0.29, 0.717) is 18.2 Å². The number of carbonyl (C=O) groups is 1. The molecule has 0 spiro atoms. The average molecular weight is 306 g/mol. The zero-order chi connectivity index (χ0) is 15.5. The van der Waals surface area contributed by atoms with Crippen LogP contribution in [0.4, 0.5) is 10.1 Å². The monoisotopic (exact) mass is 306 g/mol. The molecule has 120 valence electrons. The maximum atomic E-state index is 13.9. The molecule has 22 heavy (non-hydrogen) atoms. The molecule has 1 N–H and O–H groups in total. The van der Waals surface area contributed by atoms with E-state index in [1.165, 1.54) is 6.07 Å². The second kappa shape index (κ2) is 6.65. The van der Waals surface area contributed by atoms with Gasteiger partial charge >= 0.3 is 0 Å². The lowest BCUT2D eigenvalue weighted by molar-refractivity contribution is -0.133. The van der Waals surface area contributed by atoms with Crippen molar-refractivity contribution < 1.29 is 13.9 Å². The highest BCUT2D eigenvalue weighted by atomic mass is 19.1. The zero-order valence-corrected chi connectivity index (χ0v) is 12.9. The molecule has 4 nitrogen and oxygen atoms in total. The van der Waals surface area contributed by atoms with Crippen molar-refractivity contribution in [2.24, 2.45) is 5.92 Å². The third kappa shape index (κ3) is 3.40. The summed E-state index contributed by atoms with van der Waals surface area (Å²) in [6.45, 7) is 1.47. The maximum absolute atomic E-state index is 13.9. The van der Waals surface area contributed by atoms with Gasteiger partial charge in [0.15, 0.2) is 0 Å². The SMILES string of the molecule is CO[C@@H](C(=O)N[C@H]1CCCN(c2ccccc2F)C1)C1CC1. The number of ether oxygens (including phenoxy) is 1. The van der Waals surface area contributed by atoms with Crippen LogP contribution in [0, 0.1) is 11.7 Å². The molecule has 2 fully saturated rings. The predicted octanol–water partition coefficient (Wildman–Crippen LogP) is 2.34. The third-order valence-corrected chi connectivity index (χ3v) is 4.52. The van der Waals surface area contributed by atoms with E-state index in [4.69, 9.17) is 4.74 Å². The largest absolute Gasteiger partial charge is 0.371 e. The smallest absolute Gasteiger partial charge is 0.249 e. The Hall–Kier alpha value is -1.62. The number of piperidine rings is 1. The van der Waals surface area contributed by atoms with E-state index in [2.05, 4.69) is 5.32 Å². The highest BCUT2D eigenvalue weighted by Gasteiger charge is 2.37. The molecule has 0 bridgehead atoms. The number of methoxy groups -OCH3 is 1. The van der Waals surface area contributed by atoms with E-state index in [0.717, 1.165) is 32.2 Å². The summed E-state index contributed by atoms with van der Waals surface area (Å²) in [7, 11) is 1.59. The minimum absolute atomic E-state index is 0.0228. The van der Waals surface area contributed by atoms with E-state index in [1.807, 2.05) is 11.0 Å². The Labute approximate surface area is 130 Å². The van der Waals surface area contributed by atoms with Gasteiger partial charge in [-0.25, -0.2) is 4.39 Å². The quantitative estimate of drug-likeness (QED) is 0.908. The van der Waals surface area contributed by atoms with Crippen LogP contribution in [0.5, 0.6) is 0 Å². The van der Waals surface area contributed by atoms with Crippen LogP contribution in [-0.4, -0.2) is 38.3 Å². The molecule has 1 aromatic carbocycles. The van der Waals surface area contributed by atoms with Crippen molar-refractivity contribution in [2.45, 2.75) is 37.8 Å². The van der Waals surface area contributed by atoms with Crippen molar-refractivity contribution >= 4 is 11.6 Å². The highest BCUT2D eigenvalue weighted by molar-refractivity contribution is 5.81. The molecule has 1 amide bonds. The van der Waals surface area contributed by atoms with Crippen LogP contribution >= 0.6 is 0 Å². The summed E-state index contributed by atoms with van der Waals surface area (Å²) in [4.78, 5) is 14.3. The first kappa shape index (κ1) is 15.3. The maximum Gasteiger partial charge on any atom is 0.249 e. The van der Waals surface area contributed by atoms with Gasteiger partial charge in [-0.3, -0.25) is 4.79 Å². The summed E-state index contributed by atoms with van der Waals surface area (Å²) in [5.74, 6) is 0.142. The van der Waals surface area contributed by atoms with Crippen LogP contribution < -0.4 is 10.2 Å². The molecule has 1 saturated heterocycles. The first-order valence-electron chi connectivity index (χ1n) is 8.01. The molecule has 0 unspecified atom stereocenters. The first-order valence-corrected chi connectivity index (χ1v) is 8.01. The molecule has 0 radical (unpaired) electrons. The predicted molar refractivity (Wildman–Crippen MR) is 83.3 cm³/mol. The van der Waals surface area contributed by atoms with Crippen molar-refractivity contribution in [1.82, 2.24) is 5.32 Å². The van der Waals surface area contributed by atoms with Gasteiger partial charge in [0.25, 0.3) is 0 Å². The Kier molecular flexibility index (Phi) is 4.62. The fourth-order valence-corrected chi connectivity index (χ4v) is 3.22. The van der Waals surface area contributed by atoms with E-state index in [-0.39, 0.29) is 23.9 Å². The van der Waals surface area contributed by atoms with Gasteiger partial charge in [0.2, 0.25) is 5.91 Å². The fourth-order valence-electron chi connectivity index (χ4n) is 3.22. The minimum Gasteiger partial charge on any atom is -0.371 e. The third-order valence-electron chi connectivity index (χ3n) is 4.52. The second-order valence-corrected chi connectivity index (χ2v) is 6.24. The average Bonchev–Trinajstić information content (AvgIpc) is 3.33. The van der Waals surface area contributed by atoms with Crippen molar-refractivity contribution in [2.75, 3.05) is 25.1 Å². The van der Waals surface area contributed by atoms with Gasteiger partial charge in [0.05, 0.1) is 5.69 Å². The molecule has 2 aliphatic rings. The molecule has 5 heteroatoms. The van der Waals surface area contributed by atoms with Gasteiger partial charge in [-0.05, 0) is 43.7 Å². The Balaban J connectivity index is 1.61.